The number of hydrogen-bond acceptors (Lipinski definition) is 4. The molecule has 2 aliphatic rings. The standard InChI is InChI=1S/2C14H12F2N2O2/c2*1-8(18(19)20)5-9-10-6-11(15)12(16)7-14(10)17-4-2-3-13(9)17/h2*5-7H,2-4H2,1H3. The zero-order valence-corrected chi connectivity index (χ0v) is 21.6. The minimum atomic E-state index is -0.935. The van der Waals surface area contributed by atoms with Crippen LogP contribution in [0.2, 0.25) is 0 Å². The van der Waals surface area contributed by atoms with Gasteiger partial charge in [0, 0.05) is 84.5 Å². The van der Waals surface area contributed by atoms with E-state index < -0.39 is 33.1 Å². The summed E-state index contributed by atoms with van der Waals surface area (Å²) < 4.78 is 57.5. The average molecular weight is 557 g/mol. The molecular formula is C28H24F4N4O4. The van der Waals surface area contributed by atoms with E-state index in [1.54, 1.807) is 0 Å². The molecule has 0 unspecified atom stereocenters. The molecule has 0 spiro atoms. The quantitative estimate of drug-likeness (QED) is 0.154. The summed E-state index contributed by atoms with van der Waals surface area (Å²) in [4.78, 5) is 20.6. The maximum atomic E-state index is 13.4. The fourth-order valence-electron chi connectivity index (χ4n) is 5.55. The summed E-state index contributed by atoms with van der Waals surface area (Å²) in [5, 5.41) is 22.6. The average Bonchev–Trinajstić information content (AvgIpc) is 3.67. The molecule has 0 aliphatic carbocycles. The van der Waals surface area contributed by atoms with Gasteiger partial charge in [-0.2, -0.15) is 0 Å². The van der Waals surface area contributed by atoms with Crippen LogP contribution in [0, 0.1) is 43.5 Å². The fraction of sp³-hybridized carbons (Fsp3) is 0.286. The topological polar surface area (TPSA) is 96.1 Å². The zero-order valence-electron chi connectivity index (χ0n) is 21.6. The van der Waals surface area contributed by atoms with Gasteiger partial charge in [0.15, 0.2) is 23.3 Å². The van der Waals surface area contributed by atoms with E-state index in [4.69, 9.17) is 0 Å². The molecule has 12 heteroatoms. The summed E-state index contributed by atoms with van der Waals surface area (Å²) >= 11 is 0. The second kappa shape index (κ2) is 10.2. The molecule has 4 heterocycles. The van der Waals surface area contributed by atoms with Crippen LogP contribution in [-0.2, 0) is 25.9 Å². The van der Waals surface area contributed by atoms with Gasteiger partial charge in [0.25, 0.3) is 0 Å². The van der Waals surface area contributed by atoms with Crippen LogP contribution in [0.1, 0.15) is 49.2 Å². The molecule has 2 aromatic carbocycles. The fourth-order valence-corrected chi connectivity index (χ4v) is 5.55. The molecule has 4 aromatic rings. The highest BCUT2D eigenvalue weighted by atomic mass is 19.2. The van der Waals surface area contributed by atoms with E-state index in [0.717, 1.165) is 62.3 Å². The molecule has 208 valence electrons. The number of aryl methyl sites for hydroxylation is 2. The van der Waals surface area contributed by atoms with Crippen molar-refractivity contribution in [1.29, 1.82) is 0 Å². The molecule has 6 rings (SSSR count). The highest BCUT2D eigenvalue weighted by Crippen LogP contribution is 2.35. The van der Waals surface area contributed by atoms with Crippen LogP contribution in [0.3, 0.4) is 0 Å². The number of allylic oxidation sites excluding steroid dienone is 2. The van der Waals surface area contributed by atoms with E-state index in [-0.39, 0.29) is 11.4 Å². The van der Waals surface area contributed by atoms with Gasteiger partial charge in [0.05, 0.1) is 20.9 Å². The maximum Gasteiger partial charge on any atom is 0.243 e. The van der Waals surface area contributed by atoms with Crippen molar-refractivity contribution in [3.63, 3.8) is 0 Å². The first kappa shape index (κ1) is 27.1. The van der Waals surface area contributed by atoms with Crippen LogP contribution in [0.4, 0.5) is 17.6 Å². The molecule has 0 saturated heterocycles. The molecule has 40 heavy (non-hydrogen) atoms. The van der Waals surface area contributed by atoms with Gasteiger partial charge in [0.1, 0.15) is 0 Å². The monoisotopic (exact) mass is 556 g/mol. The number of nitrogens with zero attached hydrogens (tertiary/aromatic N) is 4. The van der Waals surface area contributed by atoms with Crippen molar-refractivity contribution < 1.29 is 27.4 Å². The summed E-state index contributed by atoms with van der Waals surface area (Å²) in [6, 6.07) is 4.57. The van der Waals surface area contributed by atoms with Gasteiger partial charge in [-0.05, 0) is 37.8 Å². The molecule has 0 fully saturated rings. The summed E-state index contributed by atoms with van der Waals surface area (Å²) in [7, 11) is 0. The summed E-state index contributed by atoms with van der Waals surface area (Å²) in [5.74, 6) is -3.66. The van der Waals surface area contributed by atoms with Crippen LogP contribution in [0.15, 0.2) is 35.7 Å². The number of rotatable bonds is 4. The Labute approximate surface area is 225 Å². The Balaban J connectivity index is 0.000000161. The van der Waals surface area contributed by atoms with Crippen molar-refractivity contribution in [2.45, 2.75) is 52.6 Å². The van der Waals surface area contributed by atoms with E-state index in [9.17, 15) is 37.8 Å². The van der Waals surface area contributed by atoms with Gasteiger partial charge in [-0.3, -0.25) is 20.2 Å². The van der Waals surface area contributed by atoms with Gasteiger partial charge < -0.3 is 9.13 Å². The van der Waals surface area contributed by atoms with Gasteiger partial charge in [-0.1, -0.05) is 0 Å². The molecule has 0 amide bonds. The Kier molecular flexibility index (Phi) is 6.94. The Morgan fingerprint density at radius 2 is 1.05 bits per heavy atom. The van der Waals surface area contributed by atoms with Crippen LogP contribution in [-0.4, -0.2) is 19.0 Å². The summed E-state index contributed by atoms with van der Waals surface area (Å²) in [6.07, 6.45) is 6.21. The van der Waals surface area contributed by atoms with E-state index >= 15 is 0 Å². The van der Waals surface area contributed by atoms with E-state index in [1.165, 1.54) is 38.1 Å². The first-order chi connectivity index (χ1) is 19.0. The van der Waals surface area contributed by atoms with Gasteiger partial charge >= 0.3 is 0 Å². The smallest absolute Gasteiger partial charge is 0.243 e. The number of nitro groups is 2. The molecule has 8 nitrogen and oxygen atoms in total. The molecule has 2 aromatic heterocycles. The van der Waals surface area contributed by atoms with Gasteiger partial charge in [0.2, 0.25) is 11.4 Å². The van der Waals surface area contributed by atoms with Crippen molar-refractivity contribution in [2.75, 3.05) is 0 Å². The minimum absolute atomic E-state index is 0.0167. The normalized spacial score (nSPS) is 14.8. The first-order valence-electron chi connectivity index (χ1n) is 12.6. The Morgan fingerprint density at radius 1 is 0.700 bits per heavy atom. The predicted molar refractivity (Wildman–Crippen MR) is 142 cm³/mol. The maximum absolute atomic E-state index is 13.4. The largest absolute Gasteiger partial charge is 0.344 e. The second-order valence-electron chi connectivity index (χ2n) is 9.88. The first-order valence-corrected chi connectivity index (χ1v) is 12.6. The lowest BCUT2D eigenvalue weighted by Gasteiger charge is -2.00. The highest BCUT2D eigenvalue weighted by molar-refractivity contribution is 5.93. The number of halogens is 4. The zero-order chi connectivity index (χ0) is 28.9. The number of fused-ring (bicyclic) bond motifs is 6. The number of hydrogen-bond donors (Lipinski definition) is 0. The van der Waals surface area contributed by atoms with E-state index in [0.29, 0.717) is 32.9 Å². The third-order valence-electron chi connectivity index (χ3n) is 7.39. The lowest BCUT2D eigenvalue weighted by atomic mass is 10.1. The SMILES string of the molecule is CC(=Cc1c2n(c3cc(F)c(F)cc13)CCC2)[N+](=O)[O-].CC(=Cc1c2n(c3cc(F)c(F)cc13)CCC2)[N+](=O)[O-]. The van der Waals surface area contributed by atoms with E-state index in [1.807, 2.05) is 9.13 Å². The highest BCUT2D eigenvalue weighted by Gasteiger charge is 2.24. The molecule has 0 bridgehead atoms. The third-order valence-corrected chi connectivity index (χ3v) is 7.39. The van der Waals surface area contributed by atoms with Crippen LogP contribution < -0.4 is 0 Å². The van der Waals surface area contributed by atoms with Crippen LogP contribution >= 0.6 is 0 Å². The Bertz CT molecular complexity index is 1650. The van der Waals surface area contributed by atoms with Crippen LogP contribution in [0.25, 0.3) is 34.0 Å². The van der Waals surface area contributed by atoms with Crippen molar-refractivity contribution in [3.05, 3.63) is 102 Å². The van der Waals surface area contributed by atoms with Gasteiger partial charge in [-0.15, -0.1) is 0 Å². The van der Waals surface area contributed by atoms with E-state index in [2.05, 4.69) is 0 Å². The van der Waals surface area contributed by atoms with Crippen molar-refractivity contribution in [2.24, 2.45) is 0 Å². The molecule has 0 atom stereocenters. The molecule has 0 radical (unpaired) electrons. The molecule has 0 N–H and O–H groups in total. The number of aromatic nitrogens is 2. The Hall–Kier alpha value is -4.48. The van der Waals surface area contributed by atoms with Gasteiger partial charge in [-0.25, -0.2) is 17.6 Å². The lowest BCUT2D eigenvalue weighted by Crippen LogP contribution is -1.94. The Morgan fingerprint density at radius 3 is 1.40 bits per heavy atom. The van der Waals surface area contributed by atoms with Crippen molar-refractivity contribution in [1.82, 2.24) is 9.13 Å². The third kappa shape index (κ3) is 4.63. The van der Waals surface area contributed by atoms with Crippen molar-refractivity contribution in [3.8, 4) is 0 Å². The molecule has 2 aliphatic heterocycles. The van der Waals surface area contributed by atoms with Crippen LogP contribution in [0.5, 0.6) is 0 Å². The summed E-state index contributed by atoms with van der Waals surface area (Å²) in [6.45, 7) is 4.24. The molecule has 0 saturated carbocycles. The van der Waals surface area contributed by atoms with Crippen molar-refractivity contribution >= 4 is 34.0 Å². The second-order valence-corrected chi connectivity index (χ2v) is 9.88. The lowest BCUT2D eigenvalue weighted by molar-refractivity contribution is -0.422. The predicted octanol–water partition coefficient (Wildman–Crippen LogP) is 7.01. The summed E-state index contributed by atoms with van der Waals surface area (Å²) in [5.41, 5.74) is 4.24. The molecular weight excluding hydrogens is 532 g/mol. The number of benzene rings is 2. The minimum Gasteiger partial charge on any atom is -0.344 e.